The number of carbonyl (C=O) groups excluding carboxylic acids is 1. The van der Waals surface area contributed by atoms with Gasteiger partial charge in [-0.05, 0) is 62.7 Å². The molecular weight excluding hydrogens is 558 g/mol. The summed E-state index contributed by atoms with van der Waals surface area (Å²) in [5.74, 6) is 1.05. The van der Waals surface area contributed by atoms with Crippen LogP contribution in [0.2, 0.25) is 0 Å². The van der Waals surface area contributed by atoms with E-state index in [4.69, 9.17) is 4.52 Å². The van der Waals surface area contributed by atoms with Gasteiger partial charge in [-0.3, -0.25) is 9.69 Å². The van der Waals surface area contributed by atoms with Crippen LogP contribution in [-0.4, -0.2) is 77.8 Å². The van der Waals surface area contributed by atoms with Crippen molar-refractivity contribution in [2.45, 2.75) is 31.2 Å². The third kappa shape index (κ3) is 5.95. The van der Waals surface area contributed by atoms with Crippen LogP contribution in [0.3, 0.4) is 0 Å². The molecule has 2 saturated heterocycles. The minimum Gasteiger partial charge on any atom is -0.340 e. The fourth-order valence-corrected chi connectivity index (χ4v) is 6.58. The molecule has 0 saturated carbocycles. The van der Waals surface area contributed by atoms with Gasteiger partial charge in [-0.1, -0.05) is 38.8 Å². The zero-order chi connectivity index (χ0) is 26.0. The molecule has 3 heterocycles. The van der Waals surface area contributed by atoms with Crippen LogP contribution in [0.15, 0.2) is 62.4 Å². The lowest BCUT2D eigenvalue weighted by molar-refractivity contribution is -0.138. The maximum atomic E-state index is 13.3. The molecule has 2 aromatic carbocycles. The number of sulfonamides is 1. The lowest BCUT2D eigenvalue weighted by Gasteiger charge is -2.38. The summed E-state index contributed by atoms with van der Waals surface area (Å²) in [5, 5.41) is 4.11. The van der Waals surface area contributed by atoms with Gasteiger partial charge in [-0.2, -0.15) is 9.29 Å². The van der Waals surface area contributed by atoms with E-state index in [0.717, 1.165) is 35.0 Å². The van der Waals surface area contributed by atoms with E-state index in [1.165, 1.54) is 4.31 Å². The first-order chi connectivity index (χ1) is 17.8. The summed E-state index contributed by atoms with van der Waals surface area (Å²) in [6.07, 6.45) is 1.73. The lowest BCUT2D eigenvalue weighted by Crippen LogP contribution is -2.53. The standard InChI is InChI=1S/C26H30BrN5O4S/c1-19-4-10-23(11-5-19)37(34,35)32-15-13-31(14-16-32)26(33)21-3-2-12-30(17-21)18-24-28-25(29-36-24)20-6-8-22(27)9-7-20/h4-11,21H,2-3,12-18H2,1H3. The van der Waals surface area contributed by atoms with Gasteiger partial charge in [0, 0.05) is 42.8 Å². The van der Waals surface area contributed by atoms with Crippen molar-refractivity contribution < 1.29 is 17.7 Å². The molecule has 1 unspecified atom stereocenters. The van der Waals surface area contributed by atoms with Crippen molar-refractivity contribution in [3.8, 4) is 11.4 Å². The Morgan fingerprint density at radius 2 is 1.73 bits per heavy atom. The lowest BCUT2D eigenvalue weighted by atomic mass is 9.96. The number of aryl methyl sites for hydroxylation is 1. The van der Waals surface area contributed by atoms with Gasteiger partial charge in [0.25, 0.3) is 0 Å². The predicted molar refractivity (Wildman–Crippen MR) is 142 cm³/mol. The fourth-order valence-electron chi connectivity index (χ4n) is 4.89. The van der Waals surface area contributed by atoms with E-state index in [-0.39, 0.29) is 11.8 Å². The molecule has 1 aromatic heterocycles. The summed E-state index contributed by atoms with van der Waals surface area (Å²) in [5.41, 5.74) is 1.90. The van der Waals surface area contributed by atoms with E-state index in [0.29, 0.717) is 55.9 Å². The van der Waals surface area contributed by atoms with Gasteiger partial charge in [0.2, 0.25) is 27.6 Å². The Hall–Kier alpha value is -2.60. The highest BCUT2D eigenvalue weighted by atomic mass is 79.9. The third-order valence-corrected chi connectivity index (χ3v) is 9.43. The number of nitrogens with zero attached hydrogens (tertiary/aromatic N) is 5. The average Bonchev–Trinajstić information content (AvgIpc) is 3.37. The number of piperazine rings is 1. The fraction of sp³-hybridized carbons (Fsp3) is 0.423. The first-order valence-corrected chi connectivity index (χ1v) is 14.7. The van der Waals surface area contributed by atoms with E-state index in [9.17, 15) is 13.2 Å². The zero-order valence-corrected chi connectivity index (χ0v) is 23.1. The maximum absolute atomic E-state index is 13.3. The van der Waals surface area contributed by atoms with Crippen LogP contribution < -0.4 is 0 Å². The molecule has 11 heteroatoms. The monoisotopic (exact) mass is 587 g/mol. The Kier molecular flexibility index (Phi) is 7.75. The van der Waals surface area contributed by atoms with Crippen molar-refractivity contribution in [1.29, 1.82) is 0 Å². The van der Waals surface area contributed by atoms with Crippen LogP contribution in [0.1, 0.15) is 24.3 Å². The Morgan fingerprint density at radius 3 is 2.43 bits per heavy atom. The molecule has 2 aliphatic rings. The van der Waals surface area contributed by atoms with Gasteiger partial charge in [0.15, 0.2) is 0 Å². The minimum absolute atomic E-state index is 0.0955. The average molecular weight is 589 g/mol. The van der Waals surface area contributed by atoms with Gasteiger partial charge in [0.1, 0.15) is 0 Å². The second-order valence-electron chi connectivity index (χ2n) is 9.64. The maximum Gasteiger partial charge on any atom is 0.243 e. The highest BCUT2D eigenvalue weighted by Gasteiger charge is 2.34. The number of hydrogen-bond donors (Lipinski definition) is 0. The normalized spacial score (nSPS) is 19.7. The Bertz CT molecular complexity index is 1340. The van der Waals surface area contributed by atoms with Gasteiger partial charge in [0.05, 0.1) is 17.4 Å². The summed E-state index contributed by atoms with van der Waals surface area (Å²) in [7, 11) is -3.55. The number of rotatable bonds is 6. The molecule has 2 aliphatic heterocycles. The van der Waals surface area contributed by atoms with Crippen LogP contribution in [0.4, 0.5) is 0 Å². The highest BCUT2D eigenvalue weighted by Crippen LogP contribution is 2.24. The van der Waals surface area contributed by atoms with Crippen LogP contribution in [-0.2, 0) is 21.4 Å². The molecule has 0 radical (unpaired) electrons. The van der Waals surface area contributed by atoms with E-state index < -0.39 is 10.0 Å². The van der Waals surface area contributed by atoms with Crippen molar-refractivity contribution in [2.24, 2.45) is 5.92 Å². The molecule has 196 valence electrons. The number of likely N-dealkylation sites (tertiary alicyclic amines) is 1. The van der Waals surface area contributed by atoms with Crippen molar-refractivity contribution >= 4 is 31.9 Å². The number of piperidine rings is 1. The number of amides is 1. The molecule has 37 heavy (non-hydrogen) atoms. The topological polar surface area (TPSA) is 99.9 Å². The first kappa shape index (κ1) is 26.0. The van der Waals surface area contributed by atoms with Crippen LogP contribution in [0.25, 0.3) is 11.4 Å². The van der Waals surface area contributed by atoms with Crippen molar-refractivity contribution in [2.75, 3.05) is 39.3 Å². The second kappa shape index (κ2) is 11.0. The SMILES string of the molecule is Cc1ccc(S(=O)(=O)N2CCN(C(=O)C3CCCN(Cc4nc(-c5ccc(Br)cc5)no4)C3)CC2)cc1. The Balaban J connectivity index is 1.15. The quantitative estimate of drug-likeness (QED) is 0.434. The summed E-state index contributed by atoms with van der Waals surface area (Å²) in [6, 6.07) is 14.6. The molecule has 2 fully saturated rings. The van der Waals surface area contributed by atoms with Gasteiger partial charge < -0.3 is 9.42 Å². The molecule has 3 aromatic rings. The van der Waals surface area contributed by atoms with E-state index >= 15 is 0 Å². The summed E-state index contributed by atoms with van der Waals surface area (Å²) in [6.45, 7) is 5.32. The molecule has 0 spiro atoms. The third-order valence-electron chi connectivity index (χ3n) is 6.99. The van der Waals surface area contributed by atoms with Crippen LogP contribution in [0.5, 0.6) is 0 Å². The molecule has 0 N–H and O–H groups in total. The molecule has 1 atom stereocenters. The van der Waals surface area contributed by atoms with Crippen LogP contribution >= 0.6 is 15.9 Å². The van der Waals surface area contributed by atoms with E-state index in [1.807, 2.05) is 36.1 Å². The molecule has 0 bridgehead atoms. The number of hydrogen-bond acceptors (Lipinski definition) is 7. The van der Waals surface area contributed by atoms with Crippen molar-refractivity contribution in [1.82, 2.24) is 24.2 Å². The Morgan fingerprint density at radius 1 is 1.03 bits per heavy atom. The Labute approximate surface area is 225 Å². The first-order valence-electron chi connectivity index (χ1n) is 12.5. The summed E-state index contributed by atoms with van der Waals surface area (Å²) < 4.78 is 33.9. The van der Waals surface area contributed by atoms with Crippen molar-refractivity contribution in [3.63, 3.8) is 0 Å². The molecule has 5 rings (SSSR count). The number of aromatic nitrogens is 2. The molecule has 0 aliphatic carbocycles. The minimum atomic E-state index is -3.55. The number of halogens is 1. The van der Waals surface area contributed by atoms with E-state index in [2.05, 4.69) is 31.0 Å². The number of carbonyl (C=O) groups is 1. The summed E-state index contributed by atoms with van der Waals surface area (Å²) >= 11 is 3.43. The second-order valence-corrected chi connectivity index (χ2v) is 12.5. The van der Waals surface area contributed by atoms with E-state index in [1.54, 1.807) is 24.3 Å². The smallest absolute Gasteiger partial charge is 0.243 e. The predicted octanol–water partition coefficient (Wildman–Crippen LogP) is 3.55. The van der Waals surface area contributed by atoms with Gasteiger partial charge in [-0.25, -0.2) is 8.42 Å². The summed E-state index contributed by atoms with van der Waals surface area (Å²) in [4.78, 5) is 22.1. The molecular formula is C26H30BrN5O4S. The van der Waals surface area contributed by atoms with Gasteiger partial charge >= 0.3 is 0 Å². The molecule has 9 nitrogen and oxygen atoms in total. The largest absolute Gasteiger partial charge is 0.340 e. The van der Waals surface area contributed by atoms with Gasteiger partial charge in [-0.15, -0.1) is 0 Å². The molecule has 1 amide bonds. The van der Waals surface area contributed by atoms with Crippen LogP contribution in [0, 0.1) is 12.8 Å². The number of benzene rings is 2. The van der Waals surface area contributed by atoms with Crippen molar-refractivity contribution in [3.05, 3.63) is 64.5 Å². The highest BCUT2D eigenvalue weighted by molar-refractivity contribution is 9.10. The zero-order valence-electron chi connectivity index (χ0n) is 20.7.